The lowest BCUT2D eigenvalue weighted by atomic mass is 10.2. The van der Waals surface area contributed by atoms with Gasteiger partial charge in [0, 0.05) is 11.6 Å². The van der Waals surface area contributed by atoms with Crippen molar-refractivity contribution in [3.05, 3.63) is 39.7 Å². The van der Waals surface area contributed by atoms with Gasteiger partial charge in [0.2, 0.25) is 5.82 Å². The maximum absolute atomic E-state index is 13.1. The van der Waals surface area contributed by atoms with Gasteiger partial charge in [0.05, 0.1) is 11.1 Å². The van der Waals surface area contributed by atoms with E-state index in [0.29, 0.717) is 0 Å². The second-order valence-electron chi connectivity index (χ2n) is 2.18. The Morgan fingerprint density at radius 3 is 2.85 bits per heavy atom. The number of nitrogens with zero attached hydrogens (tertiary/aromatic N) is 2. The number of oxime groups is 1. The second-order valence-corrected chi connectivity index (χ2v) is 2.18. The normalized spacial score (nSPS) is 10.5. The maximum Gasteiger partial charge on any atom is 0.305 e. The summed E-state index contributed by atoms with van der Waals surface area (Å²) in [6.45, 7) is 0. The fourth-order valence-electron chi connectivity index (χ4n) is 0.840. The molecule has 0 unspecified atom stereocenters. The van der Waals surface area contributed by atoms with E-state index in [4.69, 9.17) is 5.21 Å². The number of nitro groups is 1. The molecule has 1 rings (SSSR count). The SMILES string of the molecule is O=[N+]([O-])c1cccc(/C=N/O)c1F. The topological polar surface area (TPSA) is 75.7 Å². The van der Waals surface area contributed by atoms with Crippen molar-refractivity contribution >= 4 is 11.9 Å². The van der Waals surface area contributed by atoms with Gasteiger partial charge >= 0.3 is 5.69 Å². The van der Waals surface area contributed by atoms with Crippen molar-refractivity contribution in [1.82, 2.24) is 0 Å². The Morgan fingerprint density at radius 1 is 1.62 bits per heavy atom. The van der Waals surface area contributed by atoms with Crippen LogP contribution in [0, 0.1) is 15.9 Å². The van der Waals surface area contributed by atoms with E-state index in [1.807, 2.05) is 0 Å². The minimum atomic E-state index is -1.01. The van der Waals surface area contributed by atoms with E-state index in [1.54, 1.807) is 0 Å². The van der Waals surface area contributed by atoms with Crippen LogP contribution in [0.4, 0.5) is 10.1 Å². The molecule has 0 fully saturated rings. The first-order chi connectivity index (χ1) is 6.16. The molecule has 0 saturated carbocycles. The molecule has 0 aliphatic carbocycles. The van der Waals surface area contributed by atoms with Crippen molar-refractivity contribution in [2.75, 3.05) is 0 Å². The van der Waals surface area contributed by atoms with Crippen LogP contribution in [-0.2, 0) is 0 Å². The van der Waals surface area contributed by atoms with Gasteiger partial charge in [-0.1, -0.05) is 11.2 Å². The molecule has 5 nitrogen and oxygen atoms in total. The quantitative estimate of drug-likeness (QED) is 0.328. The molecule has 0 atom stereocenters. The minimum absolute atomic E-state index is 0.128. The Kier molecular flexibility index (Phi) is 2.53. The monoisotopic (exact) mass is 184 g/mol. The molecule has 6 heteroatoms. The fourth-order valence-corrected chi connectivity index (χ4v) is 0.840. The van der Waals surface area contributed by atoms with Crippen LogP contribution in [0.15, 0.2) is 23.4 Å². The molecule has 0 aliphatic heterocycles. The van der Waals surface area contributed by atoms with E-state index >= 15 is 0 Å². The lowest BCUT2D eigenvalue weighted by Gasteiger charge is -1.95. The van der Waals surface area contributed by atoms with Gasteiger partial charge in [-0.2, -0.15) is 4.39 Å². The third-order valence-corrected chi connectivity index (χ3v) is 1.40. The largest absolute Gasteiger partial charge is 0.411 e. The number of halogens is 1. The van der Waals surface area contributed by atoms with Crippen LogP contribution in [0.1, 0.15) is 5.56 Å². The number of hydrogen-bond donors (Lipinski definition) is 1. The highest BCUT2D eigenvalue weighted by atomic mass is 19.1. The van der Waals surface area contributed by atoms with Crippen molar-refractivity contribution in [3.63, 3.8) is 0 Å². The third-order valence-electron chi connectivity index (χ3n) is 1.40. The molecule has 0 bridgehead atoms. The first-order valence-electron chi connectivity index (χ1n) is 3.27. The first kappa shape index (κ1) is 9.11. The van der Waals surface area contributed by atoms with Crippen LogP contribution in [-0.4, -0.2) is 16.3 Å². The van der Waals surface area contributed by atoms with E-state index in [1.165, 1.54) is 12.1 Å². The van der Waals surface area contributed by atoms with Crippen molar-refractivity contribution < 1.29 is 14.5 Å². The molecule has 1 N–H and O–H groups in total. The number of nitro benzene ring substituents is 1. The summed E-state index contributed by atoms with van der Waals surface area (Å²) >= 11 is 0. The molecule has 68 valence electrons. The van der Waals surface area contributed by atoms with Gasteiger partial charge in [-0.3, -0.25) is 10.1 Å². The molecular weight excluding hydrogens is 179 g/mol. The number of hydrogen-bond acceptors (Lipinski definition) is 4. The lowest BCUT2D eigenvalue weighted by molar-refractivity contribution is -0.387. The Labute approximate surface area is 72.3 Å². The van der Waals surface area contributed by atoms with Crippen LogP contribution in [0.5, 0.6) is 0 Å². The Morgan fingerprint density at radius 2 is 2.31 bits per heavy atom. The fraction of sp³-hybridized carbons (Fsp3) is 0. The van der Waals surface area contributed by atoms with Crippen molar-refractivity contribution in [1.29, 1.82) is 0 Å². The summed E-state index contributed by atoms with van der Waals surface area (Å²) in [6, 6.07) is 3.60. The molecule has 0 amide bonds. The van der Waals surface area contributed by atoms with Crippen LogP contribution >= 0.6 is 0 Å². The molecular formula is C7H5FN2O3. The summed E-state index contributed by atoms with van der Waals surface area (Å²) in [5.74, 6) is -1.01. The van der Waals surface area contributed by atoms with E-state index < -0.39 is 16.4 Å². The summed E-state index contributed by atoms with van der Waals surface area (Å²) in [4.78, 5) is 9.39. The van der Waals surface area contributed by atoms with Gasteiger partial charge in [0.1, 0.15) is 0 Å². The van der Waals surface area contributed by atoms with Gasteiger partial charge in [-0.05, 0) is 6.07 Å². The highest BCUT2D eigenvalue weighted by Gasteiger charge is 2.15. The van der Waals surface area contributed by atoms with E-state index in [-0.39, 0.29) is 5.56 Å². The zero-order valence-electron chi connectivity index (χ0n) is 6.35. The van der Waals surface area contributed by atoms with E-state index in [0.717, 1.165) is 12.3 Å². The average Bonchev–Trinajstić information content (AvgIpc) is 2.08. The Balaban J connectivity index is 3.26. The van der Waals surface area contributed by atoms with Crippen LogP contribution in [0.2, 0.25) is 0 Å². The summed E-state index contributed by atoms with van der Waals surface area (Å²) in [7, 11) is 0. The summed E-state index contributed by atoms with van der Waals surface area (Å²) in [6.07, 6.45) is 0.794. The molecule has 0 radical (unpaired) electrons. The Hall–Kier alpha value is -1.98. The number of rotatable bonds is 2. The zero-order valence-corrected chi connectivity index (χ0v) is 6.35. The van der Waals surface area contributed by atoms with Gasteiger partial charge in [0.15, 0.2) is 0 Å². The van der Waals surface area contributed by atoms with Crippen molar-refractivity contribution in [2.45, 2.75) is 0 Å². The van der Waals surface area contributed by atoms with E-state index in [9.17, 15) is 14.5 Å². The molecule has 1 aromatic carbocycles. The molecule has 0 aliphatic rings. The highest BCUT2D eigenvalue weighted by Crippen LogP contribution is 2.18. The van der Waals surface area contributed by atoms with Crippen LogP contribution in [0.25, 0.3) is 0 Å². The summed E-state index contributed by atoms with van der Waals surface area (Å²) in [5, 5.41) is 20.9. The summed E-state index contributed by atoms with van der Waals surface area (Å²) < 4.78 is 13.1. The van der Waals surface area contributed by atoms with Crippen LogP contribution in [0.3, 0.4) is 0 Å². The molecule has 0 saturated heterocycles. The number of benzene rings is 1. The molecule has 13 heavy (non-hydrogen) atoms. The summed E-state index contributed by atoms with van der Waals surface area (Å²) in [5.41, 5.74) is -0.769. The van der Waals surface area contributed by atoms with E-state index in [2.05, 4.69) is 5.16 Å². The standard InChI is InChI=1S/C7H5FN2O3/c8-7-5(4-9-11)2-1-3-6(7)10(12)13/h1-4,11H/b9-4+. The smallest absolute Gasteiger partial charge is 0.305 e. The second kappa shape index (κ2) is 3.61. The predicted molar refractivity (Wildman–Crippen MR) is 42.4 cm³/mol. The molecule has 1 aromatic rings. The zero-order chi connectivity index (χ0) is 9.84. The lowest BCUT2D eigenvalue weighted by Crippen LogP contribution is -1.96. The average molecular weight is 184 g/mol. The van der Waals surface area contributed by atoms with Crippen LogP contribution < -0.4 is 0 Å². The molecule has 0 spiro atoms. The van der Waals surface area contributed by atoms with Crippen molar-refractivity contribution in [2.24, 2.45) is 5.16 Å². The highest BCUT2D eigenvalue weighted by molar-refractivity contribution is 5.80. The van der Waals surface area contributed by atoms with Gasteiger partial charge in [-0.15, -0.1) is 0 Å². The first-order valence-corrected chi connectivity index (χ1v) is 3.27. The Bertz CT molecular complexity index is 365. The minimum Gasteiger partial charge on any atom is -0.411 e. The van der Waals surface area contributed by atoms with Gasteiger partial charge in [-0.25, -0.2) is 0 Å². The maximum atomic E-state index is 13.1. The predicted octanol–water partition coefficient (Wildman–Crippen LogP) is 1.54. The molecule has 0 aromatic heterocycles. The van der Waals surface area contributed by atoms with Crippen molar-refractivity contribution in [3.8, 4) is 0 Å². The molecule has 0 heterocycles. The van der Waals surface area contributed by atoms with Gasteiger partial charge < -0.3 is 5.21 Å². The van der Waals surface area contributed by atoms with Gasteiger partial charge in [0.25, 0.3) is 0 Å². The third kappa shape index (κ3) is 1.78.